The van der Waals surface area contributed by atoms with Gasteiger partial charge in [0.25, 0.3) is 0 Å². The maximum atomic E-state index is 5.99. The van der Waals surface area contributed by atoms with E-state index in [0.29, 0.717) is 20.8 Å². The monoisotopic (exact) mass is 265 g/mol. The molecule has 1 aromatic rings. The van der Waals surface area contributed by atoms with Gasteiger partial charge in [0.1, 0.15) is 11.9 Å². The van der Waals surface area contributed by atoms with Crippen molar-refractivity contribution in [3.8, 4) is 5.75 Å². The molecule has 0 bridgehead atoms. The van der Waals surface area contributed by atoms with E-state index in [0.717, 1.165) is 19.5 Å². The van der Waals surface area contributed by atoms with E-state index < -0.39 is 0 Å². The summed E-state index contributed by atoms with van der Waals surface area (Å²) in [6.07, 6.45) is 1.15. The summed E-state index contributed by atoms with van der Waals surface area (Å²) in [6.45, 7) is 1.82. The van der Waals surface area contributed by atoms with Crippen LogP contribution in [0.25, 0.3) is 0 Å². The van der Waals surface area contributed by atoms with Crippen molar-refractivity contribution in [2.24, 2.45) is 0 Å². The molecule has 1 heterocycles. The maximum absolute atomic E-state index is 5.99. The Bertz CT molecular complexity index is 364. The van der Waals surface area contributed by atoms with Crippen LogP contribution in [-0.4, -0.2) is 19.2 Å². The van der Waals surface area contributed by atoms with Gasteiger partial charge in [-0.25, -0.2) is 0 Å². The van der Waals surface area contributed by atoms with Gasteiger partial charge in [0, 0.05) is 12.6 Å². The van der Waals surface area contributed by atoms with Gasteiger partial charge in [0.15, 0.2) is 0 Å². The molecule has 0 amide bonds. The number of ether oxygens (including phenoxy) is 1. The van der Waals surface area contributed by atoms with Crippen molar-refractivity contribution in [2.45, 2.75) is 12.5 Å². The smallest absolute Gasteiger partial charge is 0.139 e. The number of halogens is 3. The first-order valence-corrected chi connectivity index (χ1v) is 5.82. The summed E-state index contributed by atoms with van der Waals surface area (Å²) >= 11 is 17.7. The minimum absolute atomic E-state index is 0.166. The zero-order chi connectivity index (χ0) is 10.8. The van der Waals surface area contributed by atoms with Crippen molar-refractivity contribution in [3.05, 3.63) is 27.2 Å². The zero-order valence-corrected chi connectivity index (χ0v) is 10.2. The van der Waals surface area contributed by atoms with Crippen LogP contribution < -0.4 is 10.1 Å². The van der Waals surface area contributed by atoms with E-state index in [9.17, 15) is 0 Å². The first kappa shape index (κ1) is 11.3. The highest BCUT2D eigenvalue weighted by Gasteiger charge is 2.17. The van der Waals surface area contributed by atoms with E-state index in [1.165, 1.54) is 0 Å². The van der Waals surface area contributed by atoms with Crippen molar-refractivity contribution < 1.29 is 4.74 Å². The van der Waals surface area contributed by atoms with E-state index in [1.807, 2.05) is 0 Å². The predicted octanol–water partition coefficient (Wildman–Crippen LogP) is 3.39. The number of nitrogens with one attached hydrogen (secondary N) is 1. The second-order valence-corrected chi connectivity index (χ2v) is 4.65. The Morgan fingerprint density at radius 3 is 2.53 bits per heavy atom. The van der Waals surface area contributed by atoms with E-state index in [1.54, 1.807) is 12.1 Å². The summed E-state index contributed by atoms with van der Waals surface area (Å²) in [5.41, 5.74) is 0. The van der Waals surface area contributed by atoms with Crippen molar-refractivity contribution in [3.63, 3.8) is 0 Å². The molecule has 1 saturated heterocycles. The average Bonchev–Trinajstić information content (AvgIpc) is 2.67. The highest BCUT2D eigenvalue weighted by Crippen LogP contribution is 2.34. The van der Waals surface area contributed by atoms with Crippen LogP contribution in [0.3, 0.4) is 0 Å². The third-order valence-corrected chi connectivity index (χ3v) is 3.30. The minimum Gasteiger partial charge on any atom is -0.487 e. The maximum Gasteiger partial charge on any atom is 0.139 e. The Labute approximate surface area is 103 Å². The van der Waals surface area contributed by atoms with Crippen LogP contribution in [0.4, 0.5) is 0 Å². The molecule has 15 heavy (non-hydrogen) atoms. The Morgan fingerprint density at radius 1 is 1.13 bits per heavy atom. The zero-order valence-electron chi connectivity index (χ0n) is 7.90. The Balaban J connectivity index is 2.16. The van der Waals surface area contributed by atoms with Gasteiger partial charge >= 0.3 is 0 Å². The van der Waals surface area contributed by atoms with Gasteiger partial charge in [-0.3, -0.25) is 0 Å². The van der Waals surface area contributed by atoms with Gasteiger partial charge in [-0.2, -0.15) is 0 Å². The standard InChI is InChI=1S/C10H10Cl3NO/c11-7-3-9(13)10(4-8(7)12)15-6-1-2-14-5-6/h3-4,6,14H,1-2,5H2/t6-/m0/s1. The fourth-order valence-electron chi connectivity index (χ4n) is 1.50. The SMILES string of the molecule is Clc1cc(Cl)c(O[C@H]2CCNC2)cc1Cl. The van der Waals surface area contributed by atoms with Crippen LogP contribution in [0.1, 0.15) is 6.42 Å². The normalized spacial score (nSPS) is 20.6. The molecule has 5 heteroatoms. The number of hydrogen-bond acceptors (Lipinski definition) is 2. The quantitative estimate of drug-likeness (QED) is 0.829. The van der Waals surface area contributed by atoms with Crippen LogP contribution in [0.5, 0.6) is 5.75 Å². The van der Waals surface area contributed by atoms with E-state index in [4.69, 9.17) is 39.5 Å². The van der Waals surface area contributed by atoms with E-state index >= 15 is 0 Å². The molecule has 1 N–H and O–H groups in total. The molecule has 2 rings (SSSR count). The summed E-state index contributed by atoms with van der Waals surface area (Å²) in [5, 5.41) is 4.61. The van der Waals surface area contributed by atoms with Gasteiger partial charge in [0.05, 0.1) is 15.1 Å². The highest BCUT2D eigenvalue weighted by atomic mass is 35.5. The molecule has 2 nitrogen and oxygen atoms in total. The molecule has 0 saturated carbocycles. The molecule has 0 aromatic heterocycles. The molecule has 1 aromatic carbocycles. The Hall–Kier alpha value is -0.150. The fraction of sp³-hybridized carbons (Fsp3) is 0.400. The summed E-state index contributed by atoms with van der Waals surface area (Å²) in [6, 6.07) is 3.26. The lowest BCUT2D eigenvalue weighted by atomic mass is 10.3. The molecule has 0 aliphatic carbocycles. The molecule has 0 unspecified atom stereocenters. The van der Waals surface area contributed by atoms with Crippen molar-refractivity contribution in [1.29, 1.82) is 0 Å². The summed E-state index contributed by atoms with van der Waals surface area (Å²) in [5.74, 6) is 0.597. The molecular formula is C10H10Cl3NO. The minimum atomic E-state index is 0.166. The second kappa shape index (κ2) is 4.79. The topological polar surface area (TPSA) is 21.3 Å². The number of rotatable bonds is 2. The fourth-order valence-corrected chi connectivity index (χ4v) is 2.08. The molecule has 0 spiro atoms. The van der Waals surface area contributed by atoms with Gasteiger partial charge in [0.2, 0.25) is 0 Å². The molecule has 1 fully saturated rings. The van der Waals surface area contributed by atoms with Crippen LogP contribution in [0.15, 0.2) is 12.1 Å². The summed E-state index contributed by atoms with van der Waals surface area (Å²) in [4.78, 5) is 0. The lowest BCUT2D eigenvalue weighted by molar-refractivity contribution is 0.223. The van der Waals surface area contributed by atoms with Crippen LogP contribution in [0.2, 0.25) is 15.1 Å². The molecule has 82 valence electrons. The van der Waals surface area contributed by atoms with Gasteiger partial charge in [-0.1, -0.05) is 34.8 Å². The first-order valence-electron chi connectivity index (χ1n) is 4.69. The third-order valence-electron chi connectivity index (χ3n) is 2.28. The highest BCUT2D eigenvalue weighted by molar-refractivity contribution is 6.43. The third kappa shape index (κ3) is 2.70. The lowest BCUT2D eigenvalue weighted by Crippen LogP contribution is -2.19. The summed E-state index contributed by atoms with van der Waals surface area (Å²) < 4.78 is 5.70. The number of hydrogen-bond donors (Lipinski definition) is 1. The Morgan fingerprint density at radius 2 is 1.87 bits per heavy atom. The molecule has 1 aliphatic rings. The van der Waals surface area contributed by atoms with Gasteiger partial charge < -0.3 is 10.1 Å². The van der Waals surface area contributed by atoms with E-state index in [-0.39, 0.29) is 6.10 Å². The Kier molecular flexibility index (Phi) is 3.62. The van der Waals surface area contributed by atoms with E-state index in [2.05, 4.69) is 5.32 Å². The van der Waals surface area contributed by atoms with Gasteiger partial charge in [-0.05, 0) is 19.0 Å². The van der Waals surface area contributed by atoms with Crippen LogP contribution in [0, 0.1) is 0 Å². The average molecular weight is 267 g/mol. The molecule has 1 atom stereocenters. The number of benzene rings is 1. The summed E-state index contributed by atoms with van der Waals surface area (Å²) in [7, 11) is 0. The van der Waals surface area contributed by atoms with Crippen LogP contribution in [-0.2, 0) is 0 Å². The molecule has 1 aliphatic heterocycles. The van der Waals surface area contributed by atoms with Crippen molar-refractivity contribution in [2.75, 3.05) is 13.1 Å². The van der Waals surface area contributed by atoms with Crippen molar-refractivity contribution in [1.82, 2.24) is 5.32 Å². The predicted molar refractivity (Wildman–Crippen MR) is 63.4 cm³/mol. The lowest BCUT2D eigenvalue weighted by Gasteiger charge is -2.14. The van der Waals surface area contributed by atoms with Crippen molar-refractivity contribution >= 4 is 34.8 Å². The first-order chi connectivity index (χ1) is 7.16. The van der Waals surface area contributed by atoms with Crippen LogP contribution >= 0.6 is 34.8 Å². The molecular weight excluding hydrogens is 256 g/mol. The second-order valence-electron chi connectivity index (χ2n) is 3.43. The van der Waals surface area contributed by atoms with Gasteiger partial charge in [-0.15, -0.1) is 0 Å². The molecule has 0 radical (unpaired) electrons. The largest absolute Gasteiger partial charge is 0.487 e.